The maximum atomic E-state index is 8.59. The predicted molar refractivity (Wildman–Crippen MR) is 38.7 cm³/mol. The van der Waals surface area contributed by atoms with Gasteiger partial charge in [-0.1, -0.05) is 6.42 Å². The summed E-state index contributed by atoms with van der Waals surface area (Å²) in [5.41, 5.74) is 2.72. The number of nitriles is 1. The molecule has 0 radical (unpaired) electrons. The van der Waals surface area contributed by atoms with Crippen molar-refractivity contribution < 1.29 is 0 Å². The highest BCUT2D eigenvalue weighted by Gasteiger charge is 2.19. The third-order valence-electron chi connectivity index (χ3n) is 2.09. The van der Waals surface area contributed by atoms with Gasteiger partial charge in [-0.05, 0) is 19.3 Å². The van der Waals surface area contributed by atoms with Gasteiger partial charge in [-0.2, -0.15) is 5.26 Å². The van der Waals surface area contributed by atoms with Crippen LogP contribution in [0.25, 0.3) is 0 Å². The Morgan fingerprint density at radius 3 is 2.90 bits per heavy atom. The van der Waals surface area contributed by atoms with Crippen LogP contribution in [0.1, 0.15) is 25.7 Å². The highest BCUT2D eigenvalue weighted by atomic mass is 15.2. The first-order valence-corrected chi connectivity index (χ1v) is 3.72. The first-order chi connectivity index (χ1) is 4.86. The van der Waals surface area contributed by atoms with E-state index in [2.05, 4.69) is 11.5 Å². The van der Waals surface area contributed by atoms with Crippen LogP contribution in [-0.4, -0.2) is 6.04 Å². The van der Waals surface area contributed by atoms with Crippen LogP contribution in [0.3, 0.4) is 0 Å². The monoisotopic (exact) mass is 139 g/mol. The molecule has 0 aromatic heterocycles. The molecule has 56 valence electrons. The average molecular weight is 139 g/mol. The van der Waals surface area contributed by atoms with Crippen molar-refractivity contribution in [2.45, 2.75) is 31.7 Å². The Hall–Kier alpha value is -0.590. The molecule has 0 aliphatic heterocycles. The normalized spacial score (nSPS) is 33.2. The molecule has 3 nitrogen and oxygen atoms in total. The van der Waals surface area contributed by atoms with Crippen molar-refractivity contribution in [3.63, 3.8) is 0 Å². The van der Waals surface area contributed by atoms with E-state index in [-0.39, 0.29) is 5.92 Å². The molecule has 3 N–H and O–H groups in total. The van der Waals surface area contributed by atoms with Crippen molar-refractivity contribution >= 4 is 0 Å². The summed E-state index contributed by atoms with van der Waals surface area (Å²) < 4.78 is 0. The van der Waals surface area contributed by atoms with E-state index in [9.17, 15) is 0 Å². The zero-order valence-electron chi connectivity index (χ0n) is 6.01. The summed E-state index contributed by atoms with van der Waals surface area (Å²) in [5, 5.41) is 8.59. The summed E-state index contributed by atoms with van der Waals surface area (Å²) in [7, 11) is 0. The second kappa shape index (κ2) is 3.55. The number of nitrogens with one attached hydrogen (secondary N) is 1. The molecule has 0 saturated heterocycles. The number of rotatable bonds is 1. The topological polar surface area (TPSA) is 61.8 Å². The SMILES string of the molecule is N#CC1CCCC(NN)C1. The summed E-state index contributed by atoms with van der Waals surface area (Å²) in [6.07, 6.45) is 4.23. The van der Waals surface area contributed by atoms with Crippen LogP contribution in [0.4, 0.5) is 0 Å². The third kappa shape index (κ3) is 1.69. The maximum absolute atomic E-state index is 8.59. The zero-order chi connectivity index (χ0) is 7.40. The minimum Gasteiger partial charge on any atom is -0.271 e. The molecule has 0 aromatic rings. The van der Waals surface area contributed by atoms with E-state index in [1.54, 1.807) is 0 Å². The average Bonchev–Trinajstić information content (AvgIpc) is 2.05. The molecule has 1 rings (SSSR count). The molecule has 0 spiro atoms. The number of hydrazine groups is 1. The summed E-state index contributed by atoms with van der Waals surface area (Å²) in [4.78, 5) is 0. The lowest BCUT2D eigenvalue weighted by Gasteiger charge is -2.23. The van der Waals surface area contributed by atoms with Gasteiger partial charge in [-0.25, -0.2) is 0 Å². The Morgan fingerprint density at radius 2 is 2.30 bits per heavy atom. The van der Waals surface area contributed by atoms with E-state index < -0.39 is 0 Å². The highest BCUT2D eigenvalue weighted by Crippen LogP contribution is 2.22. The fourth-order valence-electron chi connectivity index (χ4n) is 1.46. The largest absolute Gasteiger partial charge is 0.271 e. The Balaban J connectivity index is 2.33. The van der Waals surface area contributed by atoms with E-state index >= 15 is 0 Å². The second-order valence-electron chi connectivity index (χ2n) is 2.86. The van der Waals surface area contributed by atoms with Crippen molar-refractivity contribution in [1.29, 1.82) is 5.26 Å². The van der Waals surface area contributed by atoms with Gasteiger partial charge in [0.1, 0.15) is 0 Å². The molecular formula is C7H13N3. The minimum atomic E-state index is 0.231. The molecule has 1 aliphatic rings. The quantitative estimate of drug-likeness (QED) is 0.411. The van der Waals surface area contributed by atoms with E-state index in [1.807, 2.05) is 0 Å². The Bertz CT molecular complexity index is 138. The first-order valence-electron chi connectivity index (χ1n) is 3.72. The third-order valence-corrected chi connectivity index (χ3v) is 2.09. The van der Waals surface area contributed by atoms with Crippen molar-refractivity contribution in [3.05, 3.63) is 0 Å². The van der Waals surface area contributed by atoms with Crippen LogP contribution >= 0.6 is 0 Å². The lowest BCUT2D eigenvalue weighted by Crippen LogP contribution is -2.38. The molecule has 0 aromatic carbocycles. The number of nitrogens with zero attached hydrogens (tertiary/aromatic N) is 1. The van der Waals surface area contributed by atoms with Crippen LogP contribution in [-0.2, 0) is 0 Å². The molecule has 0 heterocycles. The predicted octanol–water partition coefficient (Wildman–Crippen LogP) is 0.532. The Labute approximate surface area is 61.2 Å². The van der Waals surface area contributed by atoms with Crippen LogP contribution in [0, 0.1) is 17.2 Å². The van der Waals surface area contributed by atoms with Crippen molar-refractivity contribution in [3.8, 4) is 6.07 Å². The van der Waals surface area contributed by atoms with Gasteiger partial charge >= 0.3 is 0 Å². The van der Waals surface area contributed by atoms with E-state index in [1.165, 1.54) is 0 Å². The van der Waals surface area contributed by atoms with E-state index in [4.69, 9.17) is 11.1 Å². The van der Waals surface area contributed by atoms with E-state index in [0.29, 0.717) is 6.04 Å². The molecule has 2 unspecified atom stereocenters. The molecule has 0 bridgehead atoms. The van der Waals surface area contributed by atoms with Gasteiger partial charge in [-0.3, -0.25) is 11.3 Å². The molecule has 3 heteroatoms. The lowest BCUT2D eigenvalue weighted by molar-refractivity contribution is 0.331. The van der Waals surface area contributed by atoms with Crippen LogP contribution in [0.15, 0.2) is 0 Å². The van der Waals surface area contributed by atoms with Gasteiger partial charge < -0.3 is 0 Å². The molecule has 1 aliphatic carbocycles. The fraction of sp³-hybridized carbons (Fsp3) is 0.857. The lowest BCUT2D eigenvalue weighted by atomic mass is 9.87. The van der Waals surface area contributed by atoms with Crippen molar-refractivity contribution in [2.24, 2.45) is 11.8 Å². The number of hydrogen-bond acceptors (Lipinski definition) is 3. The standard InChI is InChI=1S/C7H13N3/c8-5-6-2-1-3-7(4-6)10-9/h6-7,10H,1-4,9H2. The fourth-order valence-corrected chi connectivity index (χ4v) is 1.46. The second-order valence-corrected chi connectivity index (χ2v) is 2.86. The van der Waals surface area contributed by atoms with E-state index in [0.717, 1.165) is 25.7 Å². The molecule has 10 heavy (non-hydrogen) atoms. The number of nitrogens with two attached hydrogens (primary N) is 1. The summed E-state index contributed by atoms with van der Waals surface area (Å²) >= 11 is 0. The summed E-state index contributed by atoms with van der Waals surface area (Å²) in [5.74, 6) is 5.49. The maximum Gasteiger partial charge on any atom is 0.0656 e. The molecular weight excluding hydrogens is 126 g/mol. The number of hydrogen-bond donors (Lipinski definition) is 2. The Morgan fingerprint density at radius 1 is 1.50 bits per heavy atom. The van der Waals surface area contributed by atoms with Gasteiger partial charge in [-0.15, -0.1) is 0 Å². The van der Waals surface area contributed by atoms with Gasteiger partial charge in [0.15, 0.2) is 0 Å². The van der Waals surface area contributed by atoms with Crippen LogP contribution in [0.2, 0.25) is 0 Å². The first kappa shape index (κ1) is 7.52. The van der Waals surface area contributed by atoms with Crippen LogP contribution in [0.5, 0.6) is 0 Å². The zero-order valence-corrected chi connectivity index (χ0v) is 6.01. The molecule has 1 fully saturated rings. The molecule has 0 amide bonds. The minimum absolute atomic E-state index is 0.231. The Kier molecular flexibility index (Phi) is 2.67. The van der Waals surface area contributed by atoms with Crippen molar-refractivity contribution in [2.75, 3.05) is 0 Å². The van der Waals surface area contributed by atoms with Gasteiger partial charge in [0.05, 0.1) is 6.07 Å². The van der Waals surface area contributed by atoms with Gasteiger partial charge in [0.2, 0.25) is 0 Å². The van der Waals surface area contributed by atoms with Gasteiger partial charge in [0.25, 0.3) is 0 Å². The van der Waals surface area contributed by atoms with Gasteiger partial charge in [0, 0.05) is 12.0 Å². The molecule has 1 saturated carbocycles. The van der Waals surface area contributed by atoms with Crippen LogP contribution < -0.4 is 11.3 Å². The summed E-state index contributed by atoms with van der Waals surface area (Å²) in [6, 6.07) is 2.65. The molecule has 2 atom stereocenters. The smallest absolute Gasteiger partial charge is 0.0656 e. The van der Waals surface area contributed by atoms with Crippen molar-refractivity contribution in [1.82, 2.24) is 5.43 Å². The summed E-state index contributed by atoms with van der Waals surface area (Å²) in [6.45, 7) is 0. The highest BCUT2D eigenvalue weighted by molar-refractivity contribution is 4.89.